The van der Waals surface area contributed by atoms with Crippen molar-refractivity contribution in [3.05, 3.63) is 18.1 Å². The average molecular weight is 326 g/mol. The summed E-state index contributed by atoms with van der Waals surface area (Å²) < 4.78 is 34.0. The van der Waals surface area contributed by atoms with Crippen LogP contribution in [-0.4, -0.2) is 59.3 Å². The summed E-state index contributed by atoms with van der Waals surface area (Å²) in [7, 11) is -3.28. The highest BCUT2D eigenvalue weighted by Gasteiger charge is 2.34. The lowest BCUT2D eigenvalue weighted by atomic mass is 10.1. The SMILES string of the molecule is Cc1nccc(OC2CCN(S(=O)(=O)N3CCCC3)CC2)n1. The molecule has 0 spiro atoms. The summed E-state index contributed by atoms with van der Waals surface area (Å²) in [6.07, 6.45) is 4.99. The highest BCUT2D eigenvalue weighted by Crippen LogP contribution is 2.22. The van der Waals surface area contributed by atoms with Crippen LogP contribution >= 0.6 is 0 Å². The van der Waals surface area contributed by atoms with E-state index in [-0.39, 0.29) is 6.10 Å². The minimum atomic E-state index is -3.28. The Kier molecular flexibility index (Phi) is 4.60. The molecular weight excluding hydrogens is 304 g/mol. The molecule has 0 aromatic carbocycles. The first-order chi connectivity index (χ1) is 10.6. The molecule has 0 amide bonds. The molecule has 0 bridgehead atoms. The van der Waals surface area contributed by atoms with Gasteiger partial charge in [-0.2, -0.15) is 22.0 Å². The Bertz CT molecular complexity index is 608. The van der Waals surface area contributed by atoms with Crippen LogP contribution in [0.1, 0.15) is 31.5 Å². The predicted octanol–water partition coefficient (Wildman–Crippen LogP) is 0.969. The first kappa shape index (κ1) is 15.6. The second-order valence-electron chi connectivity index (χ2n) is 5.77. The van der Waals surface area contributed by atoms with E-state index in [0.29, 0.717) is 50.7 Å². The van der Waals surface area contributed by atoms with Crippen molar-refractivity contribution >= 4 is 10.2 Å². The zero-order chi connectivity index (χ0) is 15.6. The van der Waals surface area contributed by atoms with Gasteiger partial charge in [0.2, 0.25) is 5.88 Å². The first-order valence-electron chi connectivity index (χ1n) is 7.77. The van der Waals surface area contributed by atoms with Crippen molar-refractivity contribution in [1.82, 2.24) is 18.6 Å². The Morgan fingerprint density at radius 2 is 1.77 bits per heavy atom. The van der Waals surface area contributed by atoms with E-state index >= 15 is 0 Å². The molecular formula is C14H22N4O3S. The van der Waals surface area contributed by atoms with Crippen LogP contribution in [0, 0.1) is 6.92 Å². The number of aryl methyl sites for hydroxylation is 1. The molecule has 0 atom stereocenters. The molecule has 2 fully saturated rings. The van der Waals surface area contributed by atoms with Gasteiger partial charge in [0.25, 0.3) is 10.2 Å². The number of ether oxygens (including phenoxy) is 1. The predicted molar refractivity (Wildman–Crippen MR) is 81.7 cm³/mol. The highest BCUT2D eigenvalue weighted by atomic mass is 32.2. The minimum absolute atomic E-state index is 0.0133. The Balaban J connectivity index is 1.56. The third-order valence-corrected chi connectivity index (χ3v) is 6.19. The summed E-state index contributed by atoms with van der Waals surface area (Å²) in [5, 5.41) is 0. The molecule has 2 saturated heterocycles. The average Bonchev–Trinajstić information content (AvgIpc) is 3.03. The molecule has 3 rings (SSSR count). The molecule has 2 aliphatic rings. The van der Waals surface area contributed by atoms with Crippen LogP contribution < -0.4 is 4.74 Å². The summed E-state index contributed by atoms with van der Waals surface area (Å²) in [5.41, 5.74) is 0. The van der Waals surface area contributed by atoms with Crippen molar-refractivity contribution in [2.45, 2.75) is 38.7 Å². The number of rotatable bonds is 4. The Morgan fingerprint density at radius 3 is 2.41 bits per heavy atom. The fourth-order valence-corrected chi connectivity index (χ4v) is 4.65. The summed E-state index contributed by atoms with van der Waals surface area (Å²) in [6.45, 7) is 4.14. The highest BCUT2D eigenvalue weighted by molar-refractivity contribution is 7.86. The van der Waals surface area contributed by atoms with Gasteiger partial charge in [0.15, 0.2) is 0 Å². The largest absolute Gasteiger partial charge is 0.474 e. The third kappa shape index (κ3) is 3.39. The van der Waals surface area contributed by atoms with Gasteiger partial charge in [0.1, 0.15) is 11.9 Å². The van der Waals surface area contributed by atoms with Crippen molar-refractivity contribution in [2.75, 3.05) is 26.2 Å². The lowest BCUT2D eigenvalue weighted by molar-refractivity contribution is 0.127. The monoisotopic (exact) mass is 326 g/mol. The lowest BCUT2D eigenvalue weighted by Crippen LogP contribution is -2.47. The maximum absolute atomic E-state index is 12.5. The first-order valence-corrected chi connectivity index (χ1v) is 9.17. The maximum atomic E-state index is 12.5. The standard InChI is InChI=1S/C14H22N4O3S/c1-12-15-7-4-14(16-12)21-13-5-10-18(11-6-13)22(19,20)17-8-2-3-9-17/h4,7,13H,2-3,5-6,8-11H2,1H3. The molecule has 122 valence electrons. The smallest absolute Gasteiger partial charge is 0.281 e. The van der Waals surface area contributed by atoms with E-state index in [0.717, 1.165) is 12.8 Å². The van der Waals surface area contributed by atoms with Gasteiger partial charge in [-0.15, -0.1) is 0 Å². The topological polar surface area (TPSA) is 75.6 Å². The van der Waals surface area contributed by atoms with E-state index < -0.39 is 10.2 Å². The fourth-order valence-electron chi connectivity index (χ4n) is 2.93. The number of hydrogen-bond donors (Lipinski definition) is 0. The van der Waals surface area contributed by atoms with Crippen LogP contribution in [-0.2, 0) is 10.2 Å². The van der Waals surface area contributed by atoms with Crippen molar-refractivity contribution in [1.29, 1.82) is 0 Å². The van der Waals surface area contributed by atoms with Crippen LogP contribution in [0.3, 0.4) is 0 Å². The van der Waals surface area contributed by atoms with Gasteiger partial charge in [0.05, 0.1) is 0 Å². The van der Waals surface area contributed by atoms with Gasteiger partial charge in [-0.25, -0.2) is 4.98 Å². The summed E-state index contributed by atoms with van der Waals surface area (Å²) in [6, 6.07) is 1.74. The van der Waals surface area contributed by atoms with E-state index in [1.807, 2.05) is 6.92 Å². The molecule has 1 aromatic rings. The Morgan fingerprint density at radius 1 is 1.14 bits per heavy atom. The number of hydrogen-bond acceptors (Lipinski definition) is 5. The van der Waals surface area contributed by atoms with E-state index in [1.54, 1.807) is 20.9 Å². The summed E-state index contributed by atoms with van der Waals surface area (Å²) in [5.74, 6) is 1.24. The van der Waals surface area contributed by atoms with Crippen LogP contribution in [0.2, 0.25) is 0 Å². The lowest BCUT2D eigenvalue weighted by Gasteiger charge is -2.33. The Labute approximate surface area is 131 Å². The van der Waals surface area contributed by atoms with Crippen molar-refractivity contribution in [2.24, 2.45) is 0 Å². The third-order valence-electron chi connectivity index (χ3n) is 4.16. The van der Waals surface area contributed by atoms with Crippen LogP contribution in [0.4, 0.5) is 0 Å². The molecule has 22 heavy (non-hydrogen) atoms. The van der Waals surface area contributed by atoms with Gasteiger partial charge in [-0.1, -0.05) is 0 Å². The van der Waals surface area contributed by atoms with Crippen LogP contribution in [0.25, 0.3) is 0 Å². The molecule has 3 heterocycles. The molecule has 0 unspecified atom stereocenters. The van der Waals surface area contributed by atoms with E-state index in [9.17, 15) is 8.42 Å². The van der Waals surface area contributed by atoms with Crippen molar-refractivity contribution in [3.63, 3.8) is 0 Å². The molecule has 8 heteroatoms. The molecule has 0 aliphatic carbocycles. The number of nitrogens with zero attached hydrogens (tertiary/aromatic N) is 4. The summed E-state index contributed by atoms with van der Waals surface area (Å²) in [4.78, 5) is 8.26. The minimum Gasteiger partial charge on any atom is -0.474 e. The summed E-state index contributed by atoms with van der Waals surface area (Å²) >= 11 is 0. The van der Waals surface area contributed by atoms with Crippen LogP contribution in [0.5, 0.6) is 5.88 Å². The zero-order valence-corrected chi connectivity index (χ0v) is 13.6. The molecule has 0 radical (unpaired) electrons. The van der Waals surface area contributed by atoms with Crippen molar-refractivity contribution < 1.29 is 13.2 Å². The second kappa shape index (κ2) is 6.47. The molecule has 1 aromatic heterocycles. The van der Waals surface area contributed by atoms with E-state index in [4.69, 9.17) is 4.74 Å². The van der Waals surface area contributed by atoms with Gasteiger partial charge < -0.3 is 4.74 Å². The number of aromatic nitrogens is 2. The second-order valence-corrected chi connectivity index (χ2v) is 7.70. The van der Waals surface area contributed by atoms with Gasteiger partial charge in [-0.3, -0.25) is 0 Å². The van der Waals surface area contributed by atoms with Gasteiger partial charge in [0, 0.05) is 38.4 Å². The number of piperidine rings is 1. The molecule has 2 aliphatic heterocycles. The van der Waals surface area contributed by atoms with Gasteiger partial charge >= 0.3 is 0 Å². The fraction of sp³-hybridized carbons (Fsp3) is 0.714. The molecule has 0 saturated carbocycles. The normalized spacial score (nSPS) is 22.0. The molecule has 7 nitrogen and oxygen atoms in total. The van der Waals surface area contributed by atoms with E-state index in [1.165, 1.54) is 0 Å². The van der Waals surface area contributed by atoms with E-state index in [2.05, 4.69) is 9.97 Å². The quantitative estimate of drug-likeness (QED) is 0.824. The van der Waals surface area contributed by atoms with Crippen LogP contribution in [0.15, 0.2) is 12.3 Å². The Hall–Kier alpha value is -1.25. The van der Waals surface area contributed by atoms with Crippen molar-refractivity contribution in [3.8, 4) is 5.88 Å². The maximum Gasteiger partial charge on any atom is 0.281 e. The van der Waals surface area contributed by atoms with Gasteiger partial charge in [-0.05, 0) is 32.6 Å². The zero-order valence-electron chi connectivity index (χ0n) is 12.8. The molecule has 0 N–H and O–H groups in total.